The molecule has 0 radical (unpaired) electrons. The minimum atomic E-state index is -1.26. The van der Waals surface area contributed by atoms with Crippen LogP contribution in [0.5, 0.6) is 0 Å². The predicted molar refractivity (Wildman–Crippen MR) is 119 cm³/mol. The van der Waals surface area contributed by atoms with Gasteiger partial charge in [-0.3, -0.25) is 24.2 Å². The standard InChI is InChI=1S/C19H35N7O7/c1-9(2)14(26-16(30)11(20)6-7-13(27)28)17(31)24-10(3)15(29)25-12(18(32)33)5-4-8-23-19(21)22/h9-12,14H,4-8,20H2,1-3H3,(H,24,31)(H,25,29)(H,26,30)(H,27,28)(H,32,33)(H4,21,22,23). The molecule has 0 aliphatic heterocycles. The molecule has 0 aromatic rings. The lowest BCUT2D eigenvalue weighted by molar-refractivity contribution is -0.142. The van der Waals surface area contributed by atoms with Crippen LogP contribution in [0.4, 0.5) is 0 Å². The van der Waals surface area contributed by atoms with E-state index in [0.717, 1.165) is 0 Å². The summed E-state index contributed by atoms with van der Waals surface area (Å²) in [6.45, 7) is 4.88. The van der Waals surface area contributed by atoms with Crippen LogP contribution in [0.25, 0.3) is 0 Å². The molecule has 14 heteroatoms. The summed E-state index contributed by atoms with van der Waals surface area (Å²) in [5.41, 5.74) is 16.1. The van der Waals surface area contributed by atoms with Crippen LogP contribution in [0.3, 0.4) is 0 Å². The maximum atomic E-state index is 12.6. The Morgan fingerprint density at radius 1 is 0.879 bits per heavy atom. The predicted octanol–water partition coefficient (Wildman–Crippen LogP) is -2.55. The Bertz CT molecular complexity index is 738. The van der Waals surface area contributed by atoms with E-state index in [0.29, 0.717) is 6.42 Å². The maximum absolute atomic E-state index is 12.6. The summed E-state index contributed by atoms with van der Waals surface area (Å²) in [6, 6.07) is -4.47. The number of aliphatic carboxylic acids is 2. The van der Waals surface area contributed by atoms with Crippen LogP contribution in [-0.4, -0.2) is 76.5 Å². The van der Waals surface area contributed by atoms with Gasteiger partial charge in [-0.25, -0.2) is 4.79 Å². The van der Waals surface area contributed by atoms with Crippen molar-refractivity contribution >= 4 is 35.6 Å². The summed E-state index contributed by atoms with van der Waals surface area (Å²) in [5, 5.41) is 25.2. The lowest BCUT2D eigenvalue weighted by atomic mass is 10.0. The summed E-state index contributed by atoms with van der Waals surface area (Å²) in [7, 11) is 0. The monoisotopic (exact) mass is 473 g/mol. The first kappa shape index (κ1) is 29.6. The highest BCUT2D eigenvalue weighted by molar-refractivity contribution is 5.94. The number of hydrogen-bond acceptors (Lipinski definition) is 7. The highest BCUT2D eigenvalue weighted by atomic mass is 16.4. The van der Waals surface area contributed by atoms with E-state index in [9.17, 15) is 29.1 Å². The van der Waals surface area contributed by atoms with Gasteiger partial charge in [0.2, 0.25) is 17.7 Å². The highest BCUT2D eigenvalue weighted by Gasteiger charge is 2.30. The molecule has 4 atom stereocenters. The molecule has 0 aliphatic carbocycles. The lowest BCUT2D eigenvalue weighted by Crippen LogP contribution is -2.57. The molecule has 14 nitrogen and oxygen atoms in total. The first-order valence-corrected chi connectivity index (χ1v) is 10.4. The minimum Gasteiger partial charge on any atom is -0.481 e. The van der Waals surface area contributed by atoms with Crippen molar-refractivity contribution in [3.63, 3.8) is 0 Å². The third kappa shape index (κ3) is 12.3. The number of amides is 3. The largest absolute Gasteiger partial charge is 0.481 e. The fraction of sp³-hybridized carbons (Fsp3) is 0.684. The Balaban J connectivity index is 4.93. The van der Waals surface area contributed by atoms with Crippen molar-refractivity contribution in [2.75, 3.05) is 6.54 Å². The zero-order valence-corrected chi connectivity index (χ0v) is 19.0. The van der Waals surface area contributed by atoms with Gasteiger partial charge in [0.05, 0.1) is 6.04 Å². The molecule has 3 amide bonds. The summed E-state index contributed by atoms with van der Waals surface area (Å²) in [5.74, 6) is -4.97. The van der Waals surface area contributed by atoms with Gasteiger partial charge in [-0.15, -0.1) is 0 Å². The Morgan fingerprint density at radius 2 is 1.48 bits per heavy atom. The summed E-state index contributed by atoms with van der Waals surface area (Å²) < 4.78 is 0. The minimum absolute atomic E-state index is 0.0669. The normalized spacial score (nSPS) is 14.3. The highest BCUT2D eigenvalue weighted by Crippen LogP contribution is 2.05. The van der Waals surface area contributed by atoms with Crippen molar-refractivity contribution in [2.45, 2.75) is 70.6 Å². The van der Waals surface area contributed by atoms with Crippen LogP contribution in [0.15, 0.2) is 4.99 Å². The van der Waals surface area contributed by atoms with Gasteiger partial charge in [-0.05, 0) is 32.1 Å². The third-order valence-electron chi connectivity index (χ3n) is 4.56. The van der Waals surface area contributed by atoms with Crippen molar-refractivity contribution in [3.05, 3.63) is 0 Å². The van der Waals surface area contributed by atoms with Crippen molar-refractivity contribution < 1.29 is 34.2 Å². The zero-order chi connectivity index (χ0) is 25.7. The number of nitrogens with one attached hydrogen (secondary N) is 3. The van der Waals surface area contributed by atoms with E-state index in [1.165, 1.54) is 6.92 Å². The molecule has 0 bridgehead atoms. The number of carbonyl (C=O) groups is 5. The molecule has 0 aromatic heterocycles. The van der Waals surface area contributed by atoms with E-state index >= 15 is 0 Å². The molecular formula is C19H35N7O7. The Morgan fingerprint density at radius 3 is 1.97 bits per heavy atom. The molecule has 0 rings (SSSR count). The SMILES string of the molecule is CC(NC(=O)C(NC(=O)C(N)CCC(=O)O)C(C)C)C(=O)NC(CCCN=C(N)N)C(=O)O. The molecule has 0 aliphatic rings. The number of hydrogen-bond donors (Lipinski definition) is 8. The summed E-state index contributed by atoms with van der Waals surface area (Å²) in [6.07, 6.45) is -0.0376. The molecule has 0 saturated carbocycles. The van der Waals surface area contributed by atoms with Gasteiger partial charge in [-0.2, -0.15) is 0 Å². The molecule has 0 spiro atoms. The zero-order valence-electron chi connectivity index (χ0n) is 19.0. The average molecular weight is 474 g/mol. The summed E-state index contributed by atoms with van der Waals surface area (Å²) >= 11 is 0. The van der Waals surface area contributed by atoms with E-state index in [1.807, 2.05) is 0 Å². The first-order valence-electron chi connectivity index (χ1n) is 10.4. The average Bonchev–Trinajstić information content (AvgIpc) is 2.70. The molecule has 188 valence electrons. The van der Waals surface area contributed by atoms with Crippen LogP contribution in [0, 0.1) is 5.92 Å². The molecule has 0 fully saturated rings. The van der Waals surface area contributed by atoms with Crippen LogP contribution >= 0.6 is 0 Å². The lowest BCUT2D eigenvalue weighted by Gasteiger charge is -2.25. The second kappa shape index (κ2) is 14.6. The Kier molecular flexibility index (Phi) is 13.1. The Labute approximate surface area is 191 Å². The first-order chi connectivity index (χ1) is 15.3. The molecule has 0 heterocycles. The van der Waals surface area contributed by atoms with Gasteiger partial charge in [-0.1, -0.05) is 13.8 Å². The van der Waals surface area contributed by atoms with Gasteiger partial charge >= 0.3 is 11.9 Å². The maximum Gasteiger partial charge on any atom is 0.326 e. The van der Waals surface area contributed by atoms with Crippen LogP contribution in [0.2, 0.25) is 0 Å². The van der Waals surface area contributed by atoms with Gasteiger partial charge in [0.25, 0.3) is 0 Å². The number of nitrogens with zero attached hydrogens (tertiary/aromatic N) is 1. The van der Waals surface area contributed by atoms with E-state index in [4.69, 9.17) is 22.3 Å². The van der Waals surface area contributed by atoms with E-state index < -0.39 is 53.8 Å². The molecule has 11 N–H and O–H groups in total. The number of carboxylic acid groups (broad SMARTS) is 2. The molecule has 33 heavy (non-hydrogen) atoms. The van der Waals surface area contributed by atoms with Gasteiger partial charge in [0, 0.05) is 13.0 Å². The van der Waals surface area contributed by atoms with Crippen LogP contribution in [-0.2, 0) is 24.0 Å². The molecule has 0 aromatic carbocycles. The quantitative estimate of drug-likeness (QED) is 0.0701. The van der Waals surface area contributed by atoms with Gasteiger partial charge < -0.3 is 43.4 Å². The second-order valence-electron chi connectivity index (χ2n) is 7.85. The number of nitrogens with two attached hydrogens (primary N) is 3. The molecule has 0 saturated heterocycles. The van der Waals surface area contributed by atoms with Crippen molar-refractivity contribution in [3.8, 4) is 0 Å². The smallest absolute Gasteiger partial charge is 0.326 e. The number of carboxylic acids is 2. The number of aliphatic imine (C=N–C) groups is 1. The summed E-state index contributed by atoms with van der Waals surface area (Å²) in [4.78, 5) is 63.0. The topological polar surface area (TPSA) is 252 Å². The fourth-order valence-corrected chi connectivity index (χ4v) is 2.63. The van der Waals surface area contributed by atoms with Crippen molar-refractivity contribution in [1.82, 2.24) is 16.0 Å². The number of rotatable bonds is 15. The Hall–Kier alpha value is -3.42. The van der Waals surface area contributed by atoms with E-state index in [2.05, 4.69) is 20.9 Å². The molecular weight excluding hydrogens is 438 g/mol. The van der Waals surface area contributed by atoms with Gasteiger partial charge in [0.15, 0.2) is 5.96 Å². The third-order valence-corrected chi connectivity index (χ3v) is 4.56. The van der Waals surface area contributed by atoms with Crippen LogP contribution < -0.4 is 33.2 Å². The van der Waals surface area contributed by atoms with Crippen molar-refractivity contribution in [2.24, 2.45) is 28.1 Å². The van der Waals surface area contributed by atoms with E-state index in [-0.39, 0.29) is 37.7 Å². The van der Waals surface area contributed by atoms with Crippen molar-refractivity contribution in [1.29, 1.82) is 0 Å². The van der Waals surface area contributed by atoms with Gasteiger partial charge in [0.1, 0.15) is 18.1 Å². The second-order valence-corrected chi connectivity index (χ2v) is 7.85. The van der Waals surface area contributed by atoms with Crippen LogP contribution in [0.1, 0.15) is 46.5 Å². The molecule has 4 unspecified atom stereocenters. The number of guanidine groups is 1. The van der Waals surface area contributed by atoms with E-state index in [1.54, 1.807) is 13.8 Å². The number of carbonyl (C=O) groups excluding carboxylic acids is 3. The fourth-order valence-electron chi connectivity index (χ4n) is 2.63.